The van der Waals surface area contributed by atoms with Crippen molar-refractivity contribution in [1.82, 2.24) is 10.2 Å². The third kappa shape index (κ3) is 7.19. The van der Waals surface area contributed by atoms with Gasteiger partial charge in [-0.1, -0.05) is 56.3 Å². The maximum atomic E-state index is 13.8. The smallest absolute Gasteiger partial charge is 0.264 e. The lowest BCUT2D eigenvalue weighted by atomic mass is 10.1. The molecule has 0 fully saturated rings. The highest BCUT2D eigenvalue weighted by Crippen LogP contribution is 2.25. The fraction of sp³-hybridized carbons (Fsp3) is 0.310. The van der Waals surface area contributed by atoms with Crippen molar-refractivity contribution < 1.29 is 22.4 Å². The Morgan fingerprint density at radius 3 is 2.08 bits per heavy atom. The lowest BCUT2D eigenvalue weighted by molar-refractivity contribution is -0.139. The van der Waals surface area contributed by atoms with Crippen LogP contribution in [0.25, 0.3) is 0 Å². The summed E-state index contributed by atoms with van der Waals surface area (Å²) in [6, 6.07) is 19.6. The molecule has 202 valence electrons. The molecule has 0 bridgehead atoms. The summed E-state index contributed by atoms with van der Waals surface area (Å²) in [6.45, 7) is 5.44. The molecule has 3 rings (SSSR count). The molecule has 38 heavy (non-hydrogen) atoms. The van der Waals surface area contributed by atoms with Gasteiger partial charge in [0, 0.05) is 13.1 Å². The number of carbonyl (C=O) groups excluding carboxylic acids is 2. The van der Waals surface area contributed by atoms with E-state index in [9.17, 15) is 22.4 Å². The molecule has 0 aliphatic heterocycles. The van der Waals surface area contributed by atoms with Gasteiger partial charge in [-0.3, -0.25) is 13.9 Å². The predicted molar refractivity (Wildman–Crippen MR) is 147 cm³/mol. The molecular weight excluding hydrogens is 505 g/mol. The van der Waals surface area contributed by atoms with Crippen LogP contribution in [0.2, 0.25) is 0 Å². The van der Waals surface area contributed by atoms with E-state index in [2.05, 4.69) is 5.32 Å². The van der Waals surface area contributed by atoms with Crippen LogP contribution < -0.4 is 9.62 Å². The van der Waals surface area contributed by atoms with Crippen LogP contribution in [0, 0.1) is 5.82 Å². The van der Waals surface area contributed by atoms with Crippen molar-refractivity contribution in [1.29, 1.82) is 0 Å². The number of carbonyl (C=O) groups is 2. The molecule has 0 aromatic heterocycles. The van der Waals surface area contributed by atoms with Gasteiger partial charge in [0.2, 0.25) is 11.8 Å². The average molecular weight is 540 g/mol. The summed E-state index contributed by atoms with van der Waals surface area (Å²) in [4.78, 5) is 28.0. The number of anilines is 1. The summed E-state index contributed by atoms with van der Waals surface area (Å²) in [5, 5.41) is 2.79. The van der Waals surface area contributed by atoms with Crippen LogP contribution in [0.4, 0.5) is 10.1 Å². The number of nitrogens with one attached hydrogen (secondary N) is 1. The van der Waals surface area contributed by atoms with E-state index < -0.39 is 34.3 Å². The Hall–Kier alpha value is -3.72. The first-order valence-corrected chi connectivity index (χ1v) is 14.1. The first-order valence-electron chi connectivity index (χ1n) is 12.7. The van der Waals surface area contributed by atoms with Crippen molar-refractivity contribution >= 4 is 27.5 Å². The van der Waals surface area contributed by atoms with Gasteiger partial charge in [0.25, 0.3) is 10.0 Å². The van der Waals surface area contributed by atoms with Gasteiger partial charge in [0.15, 0.2) is 0 Å². The lowest BCUT2D eigenvalue weighted by Crippen LogP contribution is -2.51. The average Bonchev–Trinajstić information content (AvgIpc) is 2.94. The molecule has 3 aromatic carbocycles. The number of hydrogen-bond donors (Lipinski definition) is 1. The Kier molecular flexibility index (Phi) is 10.0. The number of nitrogens with zero attached hydrogens (tertiary/aromatic N) is 2. The number of benzene rings is 3. The fourth-order valence-corrected chi connectivity index (χ4v) is 5.35. The molecular formula is C29H34FN3O4S. The number of amides is 2. The van der Waals surface area contributed by atoms with Crippen molar-refractivity contribution in [2.24, 2.45) is 0 Å². The highest BCUT2D eigenvalue weighted by atomic mass is 32.2. The number of sulfonamides is 1. The molecule has 2 amide bonds. The van der Waals surface area contributed by atoms with Gasteiger partial charge in [0.1, 0.15) is 18.4 Å². The van der Waals surface area contributed by atoms with Gasteiger partial charge in [-0.05, 0) is 67.3 Å². The minimum Gasteiger partial charge on any atom is -0.354 e. The second-order valence-corrected chi connectivity index (χ2v) is 10.8. The normalized spacial score (nSPS) is 12.0. The lowest BCUT2D eigenvalue weighted by Gasteiger charge is -2.32. The van der Waals surface area contributed by atoms with Crippen LogP contribution >= 0.6 is 0 Å². The summed E-state index contributed by atoms with van der Waals surface area (Å²) in [6.07, 6.45) is 1.50. The Morgan fingerprint density at radius 1 is 0.895 bits per heavy atom. The quantitative estimate of drug-likeness (QED) is 0.367. The van der Waals surface area contributed by atoms with E-state index in [0.717, 1.165) is 22.7 Å². The summed E-state index contributed by atoms with van der Waals surface area (Å²) >= 11 is 0. The van der Waals surface area contributed by atoms with Crippen molar-refractivity contribution in [3.05, 3.63) is 95.8 Å². The van der Waals surface area contributed by atoms with Crippen LogP contribution in [0.15, 0.2) is 83.8 Å². The van der Waals surface area contributed by atoms with Gasteiger partial charge in [-0.25, -0.2) is 12.8 Å². The van der Waals surface area contributed by atoms with Crippen molar-refractivity contribution in [2.75, 3.05) is 17.4 Å². The highest BCUT2D eigenvalue weighted by Gasteiger charge is 2.32. The molecule has 0 aliphatic rings. The summed E-state index contributed by atoms with van der Waals surface area (Å²) < 4.78 is 42.0. The molecule has 0 saturated carbocycles. The number of aryl methyl sites for hydroxylation is 1. The van der Waals surface area contributed by atoms with Gasteiger partial charge < -0.3 is 10.2 Å². The van der Waals surface area contributed by atoms with Crippen LogP contribution in [-0.4, -0.2) is 44.3 Å². The molecule has 0 saturated heterocycles. The van der Waals surface area contributed by atoms with E-state index >= 15 is 0 Å². The maximum absolute atomic E-state index is 13.8. The molecule has 3 aromatic rings. The van der Waals surface area contributed by atoms with E-state index in [0.29, 0.717) is 17.8 Å². The minimum absolute atomic E-state index is 0.00776. The third-order valence-electron chi connectivity index (χ3n) is 6.23. The SMILES string of the molecule is CCCNC(=O)[C@@H](C)N(Cc1ccc(F)cc1)C(=O)CN(c1ccc(CC)cc1)S(=O)(=O)c1ccccc1. The van der Waals surface area contributed by atoms with Crippen LogP contribution in [0.5, 0.6) is 0 Å². The molecule has 0 radical (unpaired) electrons. The Bertz CT molecular complexity index is 1310. The molecule has 0 unspecified atom stereocenters. The van der Waals surface area contributed by atoms with Crippen LogP contribution in [0.3, 0.4) is 0 Å². The van der Waals surface area contributed by atoms with Gasteiger partial charge in [-0.15, -0.1) is 0 Å². The zero-order valence-corrected chi connectivity index (χ0v) is 22.7. The molecule has 1 N–H and O–H groups in total. The number of hydrogen-bond acceptors (Lipinski definition) is 4. The van der Waals surface area contributed by atoms with E-state index in [1.807, 2.05) is 26.0 Å². The molecule has 0 spiro atoms. The van der Waals surface area contributed by atoms with Crippen LogP contribution in [-0.2, 0) is 32.6 Å². The topological polar surface area (TPSA) is 86.8 Å². The van der Waals surface area contributed by atoms with E-state index in [-0.39, 0.29) is 17.3 Å². The fourth-order valence-electron chi connectivity index (χ4n) is 3.91. The molecule has 9 heteroatoms. The van der Waals surface area contributed by atoms with Crippen LogP contribution in [0.1, 0.15) is 38.3 Å². The van der Waals surface area contributed by atoms with E-state index in [1.165, 1.54) is 41.3 Å². The molecule has 0 heterocycles. The first-order chi connectivity index (χ1) is 18.2. The summed E-state index contributed by atoms with van der Waals surface area (Å²) in [5.41, 5.74) is 1.97. The summed E-state index contributed by atoms with van der Waals surface area (Å²) in [5.74, 6) is -1.34. The second-order valence-electron chi connectivity index (χ2n) is 8.96. The third-order valence-corrected chi connectivity index (χ3v) is 8.01. The van der Waals surface area contributed by atoms with Crippen molar-refractivity contribution in [2.45, 2.75) is 51.1 Å². The minimum atomic E-state index is -4.11. The largest absolute Gasteiger partial charge is 0.354 e. The van der Waals surface area contributed by atoms with Gasteiger partial charge in [0.05, 0.1) is 10.6 Å². The van der Waals surface area contributed by atoms with Gasteiger partial charge >= 0.3 is 0 Å². The maximum Gasteiger partial charge on any atom is 0.264 e. The molecule has 0 aliphatic carbocycles. The number of halogens is 1. The first kappa shape index (κ1) is 28.8. The Morgan fingerprint density at radius 2 is 1.50 bits per heavy atom. The Labute approximate surface area is 224 Å². The van der Waals surface area contributed by atoms with E-state index in [4.69, 9.17) is 0 Å². The van der Waals surface area contributed by atoms with Crippen molar-refractivity contribution in [3.8, 4) is 0 Å². The number of rotatable bonds is 12. The van der Waals surface area contributed by atoms with Crippen molar-refractivity contribution in [3.63, 3.8) is 0 Å². The summed E-state index contributed by atoms with van der Waals surface area (Å²) in [7, 11) is -4.11. The second kappa shape index (κ2) is 13.2. The Balaban J connectivity index is 2.00. The monoisotopic (exact) mass is 539 g/mol. The zero-order chi connectivity index (χ0) is 27.7. The standard InChI is InChI=1S/C29H34FN3O4S/c1-4-19-31-29(35)22(3)32(20-24-11-15-25(30)16-12-24)28(34)21-33(26-17-13-23(5-2)14-18-26)38(36,37)27-9-7-6-8-10-27/h6-18,22H,4-5,19-21H2,1-3H3,(H,31,35)/t22-/m1/s1. The zero-order valence-electron chi connectivity index (χ0n) is 21.9. The molecule has 7 nitrogen and oxygen atoms in total. The highest BCUT2D eigenvalue weighted by molar-refractivity contribution is 7.92. The predicted octanol–water partition coefficient (Wildman–Crippen LogP) is 4.53. The van der Waals surface area contributed by atoms with E-state index in [1.54, 1.807) is 37.3 Å². The van der Waals surface area contributed by atoms with Gasteiger partial charge in [-0.2, -0.15) is 0 Å². The molecule has 1 atom stereocenters.